The molecule has 0 radical (unpaired) electrons. The summed E-state index contributed by atoms with van der Waals surface area (Å²) in [5.74, 6) is 0.708. The molecule has 7 nitrogen and oxygen atoms in total. The summed E-state index contributed by atoms with van der Waals surface area (Å²) in [4.78, 5) is 25.3. The highest BCUT2D eigenvalue weighted by Gasteiger charge is 2.18. The molecule has 168 valence electrons. The first-order valence-electron chi connectivity index (χ1n) is 9.73. The van der Waals surface area contributed by atoms with E-state index in [0.29, 0.717) is 39.2 Å². The molecule has 3 N–H and O–H groups in total. The lowest BCUT2D eigenvalue weighted by Gasteiger charge is -2.10. The summed E-state index contributed by atoms with van der Waals surface area (Å²) < 4.78 is 11.3. The predicted octanol–water partition coefficient (Wildman–Crippen LogP) is 5.21. The molecule has 0 unspecified atom stereocenters. The first-order valence-corrected chi connectivity index (χ1v) is 11.3. The van der Waals surface area contributed by atoms with E-state index in [9.17, 15) is 9.59 Å². The van der Waals surface area contributed by atoms with E-state index in [1.165, 1.54) is 11.3 Å². The van der Waals surface area contributed by atoms with Crippen molar-refractivity contribution in [1.82, 2.24) is 10.6 Å². The second-order valence-corrected chi connectivity index (χ2v) is 8.69. The zero-order valence-corrected chi connectivity index (χ0v) is 19.7. The smallest absolute Gasteiger partial charge is 0.269 e. The van der Waals surface area contributed by atoms with Crippen LogP contribution in [0.5, 0.6) is 5.75 Å². The van der Waals surface area contributed by atoms with Gasteiger partial charge in [-0.1, -0.05) is 11.6 Å². The van der Waals surface area contributed by atoms with Gasteiger partial charge in [-0.2, -0.15) is 0 Å². The largest absolute Gasteiger partial charge is 0.497 e. The minimum atomic E-state index is -0.411. The Morgan fingerprint density at radius 1 is 1.12 bits per heavy atom. The maximum Gasteiger partial charge on any atom is 0.269 e. The number of amides is 2. The Kier molecular flexibility index (Phi) is 6.93. The van der Waals surface area contributed by atoms with Gasteiger partial charge in [0.05, 0.1) is 24.9 Å². The number of halogens is 1. The number of fused-ring (bicyclic) bond motifs is 1. The van der Waals surface area contributed by atoms with Crippen molar-refractivity contribution in [3.8, 4) is 5.75 Å². The lowest BCUT2D eigenvalue weighted by molar-refractivity contribution is 0.0946. The topological polar surface area (TPSA) is 92.6 Å². The maximum absolute atomic E-state index is 12.7. The van der Waals surface area contributed by atoms with Crippen molar-refractivity contribution in [2.75, 3.05) is 12.4 Å². The molecule has 2 amide bonds. The van der Waals surface area contributed by atoms with Gasteiger partial charge in [0.1, 0.15) is 16.4 Å². The Bertz CT molecular complexity index is 1320. The van der Waals surface area contributed by atoms with Crippen LogP contribution in [-0.4, -0.2) is 24.0 Å². The van der Waals surface area contributed by atoms with Crippen LogP contribution in [0.3, 0.4) is 0 Å². The van der Waals surface area contributed by atoms with Crippen LogP contribution in [0.25, 0.3) is 10.1 Å². The fraction of sp³-hybridized carbons (Fsp3) is 0.0870. The van der Waals surface area contributed by atoms with Crippen molar-refractivity contribution in [3.05, 3.63) is 82.1 Å². The molecule has 0 fully saturated rings. The summed E-state index contributed by atoms with van der Waals surface area (Å²) in [6, 6.07) is 15.7. The second kappa shape index (κ2) is 10.0. The van der Waals surface area contributed by atoms with Gasteiger partial charge in [0.25, 0.3) is 11.8 Å². The molecule has 4 rings (SSSR count). The van der Waals surface area contributed by atoms with Crippen LogP contribution >= 0.6 is 35.2 Å². The highest BCUT2D eigenvalue weighted by atomic mass is 35.5. The van der Waals surface area contributed by atoms with E-state index in [-0.39, 0.29) is 11.0 Å². The van der Waals surface area contributed by atoms with Crippen molar-refractivity contribution >= 4 is 67.9 Å². The molecular formula is C23H18ClN3O4S2. The van der Waals surface area contributed by atoms with Crippen molar-refractivity contribution in [1.29, 1.82) is 0 Å². The minimum Gasteiger partial charge on any atom is -0.497 e. The average Bonchev–Trinajstić information content (AvgIpc) is 3.45. The number of hydrogen-bond donors (Lipinski definition) is 3. The van der Waals surface area contributed by atoms with Crippen LogP contribution in [0.2, 0.25) is 5.02 Å². The summed E-state index contributed by atoms with van der Waals surface area (Å²) in [5, 5.41) is 9.58. The van der Waals surface area contributed by atoms with Gasteiger partial charge in [-0.15, -0.1) is 11.3 Å². The number of anilines is 1. The first-order chi connectivity index (χ1) is 15.9. The molecule has 0 atom stereocenters. The van der Waals surface area contributed by atoms with Gasteiger partial charge < -0.3 is 19.8 Å². The summed E-state index contributed by atoms with van der Waals surface area (Å²) >= 11 is 12.9. The third kappa shape index (κ3) is 5.33. The number of thiocarbonyl (C=S) groups is 1. The summed E-state index contributed by atoms with van der Waals surface area (Å²) in [5.41, 5.74) is 1.10. The Labute approximate surface area is 203 Å². The number of thiophene rings is 1. The molecule has 2 aromatic carbocycles. The Balaban J connectivity index is 1.35. The van der Waals surface area contributed by atoms with Crippen molar-refractivity contribution in [2.24, 2.45) is 0 Å². The molecule has 0 aliphatic carbocycles. The molecule has 10 heteroatoms. The van der Waals surface area contributed by atoms with Crippen LogP contribution in [0.1, 0.15) is 25.8 Å². The van der Waals surface area contributed by atoms with Gasteiger partial charge >= 0.3 is 0 Å². The molecule has 0 saturated carbocycles. The van der Waals surface area contributed by atoms with Crippen molar-refractivity contribution < 1.29 is 18.7 Å². The quantitative estimate of drug-likeness (QED) is 0.315. The third-order valence-electron chi connectivity index (χ3n) is 4.68. The number of nitrogens with one attached hydrogen (secondary N) is 3. The number of carbonyl (C=O) groups is 2. The van der Waals surface area contributed by atoms with Gasteiger partial charge in [-0.3, -0.25) is 14.9 Å². The maximum atomic E-state index is 12.7. The van der Waals surface area contributed by atoms with Crippen LogP contribution in [-0.2, 0) is 6.54 Å². The molecule has 2 aromatic heterocycles. The monoisotopic (exact) mass is 499 g/mol. The Morgan fingerprint density at radius 3 is 2.61 bits per heavy atom. The van der Waals surface area contributed by atoms with Gasteiger partial charge in [0.2, 0.25) is 0 Å². The fourth-order valence-electron chi connectivity index (χ4n) is 3.03. The fourth-order valence-corrected chi connectivity index (χ4v) is 4.68. The van der Waals surface area contributed by atoms with Crippen molar-refractivity contribution in [3.63, 3.8) is 0 Å². The molecule has 0 spiro atoms. The van der Waals surface area contributed by atoms with Crippen molar-refractivity contribution in [2.45, 2.75) is 6.54 Å². The summed E-state index contributed by atoms with van der Waals surface area (Å²) in [6.07, 6.45) is 1.55. The molecule has 0 aliphatic rings. The SMILES string of the molecule is COc1ccc2c(Cl)c(C(=O)NC(=S)Nc3ccc(C(=O)NCc4ccco4)cc3)sc2c1. The lowest BCUT2D eigenvalue weighted by atomic mass is 10.2. The number of furan rings is 1. The summed E-state index contributed by atoms with van der Waals surface area (Å²) in [6.45, 7) is 0.301. The molecule has 33 heavy (non-hydrogen) atoms. The zero-order chi connectivity index (χ0) is 23.4. The van der Waals surface area contributed by atoms with Crippen LogP contribution < -0.4 is 20.7 Å². The standard InChI is InChI=1S/C23H18ClN3O4S2/c1-30-15-8-9-17-18(11-15)33-20(19(17)24)22(29)27-23(32)26-14-6-4-13(5-7-14)21(28)25-12-16-3-2-10-31-16/h2-11H,12H2,1H3,(H,25,28)(H2,26,27,29,32). The highest BCUT2D eigenvalue weighted by molar-refractivity contribution is 7.80. The Morgan fingerprint density at radius 2 is 1.91 bits per heavy atom. The minimum absolute atomic E-state index is 0.112. The van der Waals surface area contributed by atoms with Gasteiger partial charge in [0, 0.05) is 21.3 Å². The number of ether oxygens (including phenoxy) is 1. The number of hydrogen-bond acceptors (Lipinski definition) is 6. The number of benzene rings is 2. The molecule has 0 aliphatic heterocycles. The van der Waals surface area contributed by atoms with Crippen LogP contribution in [0, 0.1) is 0 Å². The highest BCUT2D eigenvalue weighted by Crippen LogP contribution is 2.37. The van der Waals surface area contributed by atoms with E-state index in [1.807, 2.05) is 12.1 Å². The first kappa shape index (κ1) is 22.8. The predicted molar refractivity (Wildman–Crippen MR) is 133 cm³/mol. The normalized spacial score (nSPS) is 10.6. The lowest BCUT2D eigenvalue weighted by Crippen LogP contribution is -2.33. The number of carbonyl (C=O) groups excluding carboxylic acids is 2. The molecule has 0 saturated heterocycles. The van der Waals surface area contributed by atoms with E-state index in [2.05, 4.69) is 16.0 Å². The molecule has 2 heterocycles. The Hall–Kier alpha value is -3.40. The van der Waals surface area contributed by atoms with E-state index in [0.717, 1.165) is 10.1 Å². The van der Waals surface area contributed by atoms with E-state index < -0.39 is 5.91 Å². The van der Waals surface area contributed by atoms with Crippen LogP contribution in [0.4, 0.5) is 5.69 Å². The van der Waals surface area contributed by atoms with Gasteiger partial charge in [-0.25, -0.2) is 0 Å². The second-order valence-electron chi connectivity index (χ2n) is 6.85. The average molecular weight is 500 g/mol. The summed E-state index contributed by atoms with van der Waals surface area (Å²) in [7, 11) is 1.58. The van der Waals surface area contributed by atoms with Crippen LogP contribution in [0.15, 0.2) is 65.3 Å². The molecule has 4 aromatic rings. The van der Waals surface area contributed by atoms with E-state index >= 15 is 0 Å². The molecular weight excluding hydrogens is 482 g/mol. The third-order valence-corrected chi connectivity index (χ3v) is 6.54. The number of rotatable bonds is 6. The molecule has 0 bridgehead atoms. The van der Waals surface area contributed by atoms with Gasteiger partial charge in [0.15, 0.2) is 5.11 Å². The zero-order valence-electron chi connectivity index (χ0n) is 17.3. The number of methoxy groups -OCH3 is 1. The van der Waals surface area contributed by atoms with Gasteiger partial charge in [-0.05, 0) is 66.8 Å². The van der Waals surface area contributed by atoms with E-state index in [4.69, 9.17) is 33.0 Å². The van der Waals surface area contributed by atoms with E-state index in [1.54, 1.807) is 55.8 Å².